The molecule has 2 aromatic heterocycles. The summed E-state index contributed by atoms with van der Waals surface area (Å²) in [6.45, 7) is 9.42. The van der Waals surface area contributed by atoms with Crippen LogP contribution < -0.4 is 10.3 Å². The van der Waals surface area contributed by atoms with Crippen LogP contribution >= 0.6 is 0 Å². The van der Waals surface area contributed by atoms with E-state index in [1.807, 2.05) is 26.8 Å². The molecule has 63 heavy (non-hydrogen) atoms. The molecule has 0 unspecified atom stereocenters. The van der Waals surface area contributed by atoms with Crippen molar-refractivity contribution in [1.82, 2.24) is 24.3 Å². The number of carbonyl (C=O) groups is 6. The molecular formula is C46H59N5O12. The zero-order valence-corrected chi connectivity index (χ0v) is 36.7. The number of benzene rings is 1. The summed E-state index contributed by atoms with van der Waals surface area (Å²) in [6, 6.07) is 7.11. The van der Waals surface area contributed by atoms with Crippen LogP contribution in [-0.2, 0) is 43.5 Å². The maximum absolute atomic E-state index is 13.4. The highest BCUT2D eigenvalue weighted by molar-refractivity contribution is 5.99. The highest BCUT2D eigenvalue weighted by atomic mass is 16.7. The normalized spacial score (nSPS) is 15.3. The Hall–Kier alpha value is -6.26. The number of carbonyl (C=O) groups excluding carboxylic acids is 3. The maximum atomic E-state index is 13.4. The Morgan fingerprint density at radius 1 is 0.810 bits per heavy atom. The molecule has 1 aromatic carbocycles. The molecule has 3 aliphatic heterocycles. The summed E-state index contributed by atoms with van der Waals surface area (Å²) in [7, 11) is 0. The summed E-state index contributed by atoms with van der Waals surface area (Å²) in [4.78, 5) is 95.7. The summed E-state index contributed by atoms with van der Waals surface area (Å²) in [5.74, 6) is -2.54. The molecule has 5 heterocycles. The topological polar surface area (TPSA) is 226 Å². The summed E-state index contributed by atoms with van der Waals surface area (Å²) in [5, 5.41) is 28.5. The lowest BCUT2D eigenvalue weighted by atomic mass is 9.78. The van der Waals surface area contributed by atoms with Crippen LogP contribution in [0.25, 0.3) is 22.3 Å². The Bertz CT molecular complexity index is 2270. The summed E-state index contributed by atoms with van der Waals surface area (Å²) in [5.41, 5.74) is 2.64. The second-order valence-electron chi connectivity index (χ2n) is 15.9. The number of piperidine rings is 1. The van der Waals surface area contributed by atoms with Gasteiger partial charge in [-0.3, -0.25) is 24.0 Å². The van der Waals surface area contributed by atoms with Crippen LogP contribution in [0, 0.1) is 12.3 Å². The van der Waals surface area contributed by atoms with Gasteiger partial charge in [-0.15, -0.1) is 0 Å². The van der Waals surface area contributed by atoms with Crippen molar-refractivity contribution in [3.05, 3.63) is 69.0 Å². The first-order chi connectivity index (χ1) is 30.2. The van der Waals surface area contributed by atoms with Crippen LogP contribution in [0.3, 0.4) is 0 Å². The van der Waals surface area contributed by atoms with E-state index in [0.29, 0.717) is 67.2 Å². The first-order valence-corrected chi connectivity index (χ1v) is 22.0. The third-order valence-corrected chi connectivity index (χ3v) is 12.2. The Labute approximate surface area is 366 Å². The van der Waals surface area contributed by atoms with Crippen LogP contribution in [0.15, 0.2) is 41.2 Å². The Balaban J connectivity index is 0.00000369. The average molecular weight is 874 g/mol. The van der Waals surface area contributed by atoms with Crippen molar-refractivity contribution in [3.8, 4) is 17.1 Å². The number of carboxylic acid groups (broad SMARTS) is 3. The number of piperazine rings is 1. The maximum Gasteiger partial charge on any atom is 0.506 e. The Morgan fingerprint density at radius 3 is 2.08 bits per heavy atom. The van der Waals surface area contributed by atoms with Gasteiger partial charge in [-0.05, 0) is 86.9 Å². The minimum Gasteiger partial charge on any atom is -0.480 e. The lowest BCUT2D eigenvalue weighted by Crippen LogP contribution is -2.51. The highest BCUT2D eigenvalue weighted by Crippen LogP contribution is 2.37. The molecule has 0 spiro atoms. The number of nitrogens with zero attached hydrogens (tertiary/aromatic N) is 5. The molecule has 3 amide bonds. The number of aryl methyl sites for hydroxylation is 2. The average Bonchev–Trinajstić information content (AvgIpc) is 3.64. The van der Waals surface area contributed by atoms with Gasteiger partial charge in [0, 0.05) is 56.6 Å². The number of aliphatic carboxylic acids is 2. The number of allylic oxidation sites excluding steroid dienone is 1. The zero-order chi connectivity index (χ0) is 45.8. The van der Waals surface area contributed by atoms with Crippen LogP contribution in [0.2, 0.25) is 0 Å². The van der Waals surface area contributed by atoms with E-state index in [2.05, 4.69) is 0 Å². The third-order valence-electron chi connectivity index (χ3n) is 12.2. The summed E-state index contributed by atoms with van der Waals surface area (Å²) >= 11 is 0. The number of likely N-dealkylation sites (tertiary alicyclic amines) is 1. The number of amides is 3. The second-order valence-corrected chi connectivity index (χ2v) is 15.9. The van der Waals surface area contributed by atoms with Gasteiger partial charge in [0.15, 0.2) is 5.41 Å². The number of ether oxygens (including phenoxy) is 2. The molecule has 17 heteroatoms. The van der Waals surface area contributed by atoms with Crippen molar-refractivity contribution in [1.29, 1.82) is 0 Å². The fraction of sp³-hybridized carbons (Fsp3) is 0.522. The number of unbranched alkanes of at least 4 members (excludes halogenated alkanes) is 6. The molecular weight excluding hydrogens is 815 g/mol. The van der Waals surface area contributed by atoms with Crippen LogP contribution in [0.4, 0.5) is 9.59 Å². The summed E-state index contributed by atoms with van der Waals surface area (Å²) < 4.78 is 12.1. The Morgan fingerprint density at radius 2 is 1.44 bits per heavy atom. The molecule has 2 saturated heterocycles. The highest BCUT2D eigenvalue weighted by Gasteiger charge is 2.49. The van der Waals surface area contributed by atoms with Gasteiger partial charge in [0.25, 0.3) is 5.56 Å². The van der Waals surface area contributed by atoms with Crippen molar-refractivity contribution >= 4 is 46.9 Å². The van der Waals surface area contributed by atoms with E-state index in [1.54, 1.807) is 45.6 Å². The van der Waals surface area contributed by atoms with E-state index in [9.17, 15) is 43.8 Å². The molecule has 0 saturated carbocycles. The van der Waals surface area contributed by atoms with Crippen LogP contribution in [0.1, 0.15) is 107 Å². The monoisotopic (exact) mass is 873 g/mol. The molecule has 0 radical (unpaired) electrons. The minimum atomic E-state index is -1.83. The second kappa shape index (κ2) is 21.7. The number of aromatic nitrogens is 2. The third kappa shape index (κ3) is 11.0. The predicted octanol–water partition coefficient (Wildman–Crippen LogP) is 6.61. The van der Waals surface area contributed by atoms with E-state index in [1.165, 1.54) is 11.0 Å². The minimum absolute atomic E-state index is 0.0687. The van der Waals surface area contributed by atoms with Crippen LogP contribution in [-0.4, -0.2) is 115 Å². The molecule has 0 aliphatic carbocycles. The number of hydrogen-bond acceptors (Lipinski definition) is 10. The standard InChI is InChI=1S/C44H53N5O12.C2H6/c1-3-30-31-25-29(14-15-34(31)45-38-32(30)26-49-35(38)24-28(2)33(39(49)52)27-60-43(58)59)61-42(57)48-22-20-47(21-23-48)37(51)13-11-9-7-5-4-6-8-10-12-36(50)46-18-16-44(17-19-46,40(53)54)41(55)56;1-2/h10,12,14-15,24-25H,3-9,11,13,16-23,26-27H2,1-2H3,(H,53,54)(H,55,56)(H,58,59);1-2H3/b12-10+;. The van der Waals surface area contributed by atoms with E-state index in [4.69, 9.17) is 19.6 Å². The molecule has 17 nitrogen and oxygen atoms in total. The summed E-state index contributed by atoms with van der Waals surface area (Å²) in [6.07, 6.45) is 8.51. The van der Waals surface area contributed by atoms with E-state index < -0.39 is 29.6 Å². The number of fused-ring (bicyclic) bond motifs is 4. The quantitative estimate of drug-likeness (QED) is 0.0467. The van der Waals surface area contributed by atoms with E-state index in [0.717, 1.165) is 61.5 Å². The fourth-order valence-corrected chi connectivity index (χ4v) is 8.45. The van der Waals surface area contributed by atoms with Crippen molar-refractivity contribution in [2.75, 3.05) is 39.3 Å². The van der Waals surface area contributed by atoms with E-state index >= 15 is 0 Å². The van der Waals surface area contributed by atoms with Crippen molar-refractivity contribution in [2.45, 2.75) is 111 Å². The van der Waals surface area contributed by atoms with Crippen molar-refractivity contribution < 1.29 is 53.6 Å². The van der Waals surface area contributed by atoms with Crippen molar-refractivity contribution in [2.24, 2.45) is 5.41 Å². The predicted molar refractivity (Wildman–Crippen MR) is 233 cm³/mol. The van der Waals surface area contributed by atoms with Gasteiger partial charge >= 0.3 is 24.2 Å². The zero-order valence-electron chi connectivity index (χ0n) is 36.7. The molecule has 340 valence electrons. The van der Waals surface area contributed by atoms with Gasteiger partial charge in [0.1, 0.15) is 12.4 Å². The number of carboxylic acids is 2. The lowest BCUT2D eigenvalue weighted by molar-refractivity contribution is -0.169. The lowest BCUT2D eigenvalue weighted by Gasteiger charge is -2.35. The Kier molecular flexibility index (Phi) is 16.5. The number of hydrogen-bond donors (Lipinski definition) is 3. The van der Waals surface area contributed by atoms with Gasteiger partial charge in [-0.2, -0.15) is 0 Å². The number of rotatable bonds is 16. The van der Waals surface area contributed by atoms with Crippen LogP contribution in [0.5, 0.6) is 5.75 Å². The smallest absolute Gasteiger partial charge is 0.480 e. The molecule has 3 aliphatic rings. The molecule has 0 atom stereocenters. The molecule has 3 aromatic rings. The molecule has 0 bridgehead atoms. The fourth-order valence-electron chi connectivity index (χ4n) is 8.45. The first kappa shape index (κ1) is 47.8. The van der Waals surface area contributed by atoms with Gasteiger partial charge < -0.3 is 44.1 Å². The molecule has 2 fully saturated rings. The van der Waals surface area contributed by atoms with E-state index in [-0.39, 0.29) is 62.0 Å². The van der Waals surface area contributed by atoms with Gasteiger partial charge in [0.05, 0.1) is 29.0 Å². The first-order valence-electron chi connectivity index (χ1n) is 22.0. The molecule has 6 rings (SSSR count). The largest absolute Gasteiger partial charge is 0.506 e. The number of pyridine rings is 2. The molecule has 3 N–H and O–H groups in total. The SMILES string of the molecule is CC.CCc1c2c(nc3ccc(OC(=O)N4CCN(C(=O)CCCCCCCC/C=C/C(=O)N5CCC(C(=O)O)(C(=O)O)CC5)CC4)cc13)-c1cc(C)c(COC(=O)O)c(=O)n1C2. The van der Waals surface area contributed by atoms with Crippen molar-refractivity contribution in [3.63, 3.8) is 0 Å². The van der Waals surface area contributed by atoms with Gasteiger partial charge in [-0.1, -0.05) is 52.5 Å². The van der Waals surface area contributed by atoms with Gasteiger partial charge in [-0.25, -0.2) is 14.6 Å². The van der Waals surface area contributed by atoms with Gasteiger partial charge in [0.2, 0.25) is 11.8 Å².